The van der Waals surface area contributed by atoms with Crippen LogP contribution in [0.5, 0.6) is 0 Å². The van der Waals surface area contributed by atoms with Crippen LogP contribution >= 0.6 is 15.6 Å². The molecule has 0 aromatic carbocycles. The molecule has 17 nitrogen and oxygen atoms in total. The van der Waals surface area contributed by atoms with E-state index in [2.05, 4.69) is 41.5 Å². The van der Waals surface area contributed by atoms with Crippen LogP contribution in [0.1, 0.15) is 388 Å². The van der Waals surface area contributed by atoms with E-state index in [9.17, 15) is 43.2 Å². The molecule has 0 saturated heterocycles. The normalized spacial score (nSPS) is 14.0. The highest BCUT2D eigenvalue weighted by molar-refractivity contribution is 7.47. The highest BCUT2D eigenvalue weighted by Crippen LogP contribution is 2.45. The van der Waals surface area contributed by atoms with Crippen molar-refractivity contribution in [1.29, 1.82) is 0 Å². The lowest BCUT2D eigenvalue weighted by Gasteiger charge is -2.21. The van der Waals surface area contributed by atoms with Crippen molar-refractivity contribution in [3.8, 4) is 0 Å². The second kappa shape index (κ2) is 66.9. The SMILES string of the molecule is CCCCCCCCCCCCCCCCCCCCCCCC(=O)O[C@H](COC(=O)CCCCCCCCCCCCCCCC(C)C)COP(=O)(O)OC[C@@H](O)COP(=O)(O)OC[C@@H](COC(=O)CCCCCCCCCC)OC(=O)CCCCCCCCC(C)C. The average molecular weight is 1380 g/mol. The number of aliphatic hydroxyl groups is 1. The fourth-order valence-corrected chi connectivity index (χ4v) is 13.1. The molecule has 0 radical (unpaired) electrons. The van der Waals surface area contributed by atoms with Crippen molar-refractivity contribution in [2.75, 3.05) is 39.6 Å². The van der Waals surface area contributed by atoms with E-state index in [-0.39, 0.29) is 25.7 Å². The predicted octanol–water partition coefficient (Wildman–Crippen LogP) is 21.9. The monoisotopic (exact) mass is 1380 g/mol. The highest BCUT2D eigenvalue weighted by Gasteiger charge is 2.30. The molecule has 0 saturated carbocycles. The Morgan fingerprint density at radius 3 is 0.723 bits per heavy atom. The number of hydrogen-bond donors (Lipinski definition) is 3. The van der Waals surface area contributed by atoms with Crippen LogP contribution < -0.4 is 0 Å². The highest BCUT2D eigenvalue weighted by atomic mass is 31.2. The first kappa shape index (κ1) is 92.1. The summed E-state index contributed by atoms with van der Waals surface area (Å²) in [6.45, 7) is 9.48. The molecule has 0 aromatic rings. The van der Waals surface area contributed by atoms with E-state index in [0.717, 1.165) is 102 Å². The molecule has 0 spiro atoms. The van der Waals surface area contributed by atoms with Crippen molar-refractivity contribution in [2.24, 2.45) is 11.8 Å². The molecule has 3 N–H and O–H groups in total. The van der Waals surface area contributed by atoms with Gasteiger partial charge in [0.25, 0.3) is 0 Å². The van der Waals surface area contributed by atoms with Gasteiger partial charge in [-0.1, -0.05) is 337 Å². The summed E-state index contributed by atoms with van der Waals surface area (Å²) in [5.41, 5.74) is 0. The summed E-state index contributed by atoms with van der Waals surface area (Å²) in [4.78, 5) is 72.6. The third-order valence-electron chi connectivity index (χ3n) is 17.5. The molecule has 0 aromatic heterocycles. The Morgan fingerprint density at radius 1 is 0.287 bits per heavy atom. The fraction of sp³-hybridized carbons (Fsp3) is 0.947. The number of rotatable bonds is 74. The molecule has 19 heteroatoms. The molecule has 0 bridgehead atoms. The molecule has 94 heavy (non-hydrogen) atoms. The maximum atomic E-state index is 13.1. The van der Waals surface area contributed by atoms with E-state index in [4.69, 9.17) is 37.0 Å². The average Bonchev–Trinajstić information content (AvgIpc) is 3.47. The number of carbonyl (C=O) groups is 4. The molecule has 0 rings (SSSR count). The van der Waals surface area contributed by atoms with Crippen LogP contribution in [-0.2, 0) is 65.4 Å². The van der Waals surface area contributed by atoms with Gasteiger partial charge < -0.3 is 33.8 Å². The number of esters is 4. The van der Waals surface area contributed by atoms with Crippen LogP contribution in [0.15, 0.2) is 0 Å². The molecule has 5 atom stereocenters. The zero-order valence-corrected chi connectivity index (χ0v) is 63.1. The van der Waals surface area contributed by atoms with Gasteiger partial charge in [0.05, 0.1) is 26.4 Å². The molecule has 0 aliphatic rings. The zero-order chi connectivity index (χ0) is 69.3. The number of carbonyl (C=O) groups excluding carboxylic acids is 4. The second-order valence-corrected chi connectivity index (χ2v) is 30.9. The van der Waals surface area contributed by atoms with E-state index in [0.29, 0.717) is 31.6 Å². The van der Waals surface area contributed by atoms with Crippen LogP contribution in [0.3, 0.4) is 0 Å². The van der Waals surface area contributed by atoms with Gasteiger partial charge in [0.1, 0.15) is 19.3 Å². The molecular formula is C75H146O17P2. The maximum Gasteiger partial charge on any atom is 0.472 e. The van der Waals surface area contributed by atoms with Gasteiger partial charge in [-0.05, 0) is 37.5 Å². The van der Waals surface area contributed by atoms with Crippen LogP contribution in [0.2, 0.25) is 0 Å². The van der Waals surface area contributed by atoms with Gasteiger partial charge in [-0.25, -0.2) is 9.13 Å². The molecule has 558 valence electrons. The first-order valence-electron chi connectivity index (χ1n) is 39.0. The Kier molecular flexibility index (Phi) is 65.5. The molecule has 0 heterocycles. The number of aliphatic hydroxyl groups excluding tert-OH is 1. The minimum atomic E-state index is -4.96. The van der Waals surface area contributed by atoms with Gasteiger partial charge >= 0.3 is 39.5 Å². The number of unbranched alkanes of at least 4 members (excludes halogenated alkanes) is 44. The lowest BCUT2D eigenvalue weighted by Crippen LogP contribution is -2.30. The van der Waals surface area contributed by atoms with Crippen LogP contribution in [0.4, 0.5) is 0 Å². The Balaban J connectivity index is 5.16. The van der Waals surface area contributed by atoms with E-state index in [1.54, 1.807) is 0 Å². The van der Waals surface area contributed by atoms with E-state index >= 15 is 0 Å². The summed E-state index contributed by atoms with van der Waals surface area (Å²) in [5.74, 6) is -0.665. The number of phosphoric acid groups is 2. The largest absolute Gasteiger partial charge is 0.472 e. The third-order valence-corrected chi connectivity index (χ3v) is 19.4. The van der Waals surface area contributed by atoms with Gasteiger partial charge in [0, 0.05) is 25.7 Å². The fourth-order valence-electron chi connectivity index (χ4n) is 11.5. The standard InChI is InChI=1S/C75H146O17P2/c1-7-9-11-13-15-17-18-19-20-21-22-23-24-25-26-29-33-36-40-47-53-59-74(79)91-70(63-86-73(78)58-52-46-39-35-32-30-27-28-31-34-37-43-49-55-67(3)4)65-89-93(81,82)87-61-69(76)62-88-94(83,84)90-66-71(64-85-72(77)57-51-45-38-16-14-12-10-8-2)92-75(80)60-54-48-42-41-44-50-56-68(5)6/h67-71,76H,7-66H2,1-6H3,(H,81,82)(H,83,84)/t69-,70-,71-/m1/s1. The quantitative estimate of drug-likeness (QED) is 0.0222. The summed E-state index contributed by atoms with van der Waals surface area (Å²) in [6.07, 6.45) is 54.6. The molecule has 0 amide bonds. The molecule has 0 aliphatic carbocycles. The molecule has 2 unspecified atom stereocenters. The van der Waals surface area contributed by atoms with Crippen LogP contribution in [0.25, 0.3) is 0 Å². The summed E-state index contributed by atoms with van der Waals surface area (Å²) in [7, 11) is -9.90. The van der Waals surface area contributed by atoms with Gasteiger partial charge in [-0.3, -0.25) is 37.3 Å². The van der Waals surface area contributed by atoms with E-state index < -0.39 is 97.5 Å². The molecule has 0 aliphatic heterocycles. The summed E-state index contributed by atoms with van der Waals surface area (Å²) < 4.78 is 68.3. The van der Waals surface area contributed by atoms with E-state index in [1.165, 1.54) is 199 Å². The minimum absolute atomic E-state index is 0.102. The summed E-state index contributed by atoms with van der Waals surface area (Å²) in [6, 6.07) is 0. The number of phosphoric ester groups is 2. The Bertz CT molecular complexity index is 1820. The van der Waals surface area contributed by atoms with Crippen LogP contribution in [0, 0.1) is 11.8 Å². The van der Waals surface area contributed by atoms with Crippen molar-refractivity contribution >= 4 is 39.5 Å². The number of ether oxygens (including phenoxy) is 4. The zero-order valence-electron chi connectivity index (χ0n) is 61.3. The lowest BCUT2D eigenvalue weighted by molar-refractivity contribution is -0.161. The lowest BCUT2D eigenvalue weighted by atomic mass is 10.0. The minimum Gasteiger partial charge on any atom is -0.462 e. The van der Waals surface area contributed by atoms with Gasteiger partial charge in [0.15, 0.2) is 12.2 Å². The van der Waals surface area contributed by atoms with Crippen molar-refractivity contribution in [2.45, 2.75) is 407 Å². The van der Waals surface area contributed by atoms with E-state index in [1.807, 2.05) is 0 Å². The van der Waals surface area contributed by atoms with Gasteiger partial charge in [-0.2, -0.15) is 0 Å². The van der Waals surface area contributed by atoms with Gasteiger partial charge in [0.2, 0.25) is 0 Å². The first-order valence-corrected chi connectivity index (χ1v) is 42.0. The third kappa shape index (κ3) is 68.6. The smallest absolute Gasteiger partial charge is 0.462 e. The molecule has 0 fully saturated rings. The first-order chi connectivity index (χ1) is 45.4. The Labute approximate surface area is 575 Å². The maximum absolute atomic E-state index is 13.1. The van der Waals surface area contributed by atoms with Gasteiger partial charge in [-0.15, -0.1) is 0 Å². The summed E-state index contributed by atoms with van der Waals surface area (Å²) >= 11 is 0. The van der Waals surface area contributed by atoms with Crippen molar-refractivity contribution < 1.29 is 80.2 Å². The predicted molar refractivity (Wildman–Crippen MR) is 381 cm³/mol. The topological polar surface area (TPSA) is 237 Å². The molecular weight excluding hydrogens is 1230 g/mol. The van der Waals surface area contributed by atoms with Crippen molar-refractivity contribution in [3.63, 3.8) is 0 Å². The van der Waals surface area contributed by atoms with Crippen LogP contribution in [-0.4, -0.2) is 96.7 Å². The number of hydrogen-bond acceptors (Lipinski definition) is 15. The van der Waals surface area contributed by atoms with Crippen molar-refractivity contribution in [1.82, 2.24) is 0 Å². The second-order valence-electron chi connectivity index (χ2n) is 28.0. The Hall–Kier alpha value is -1.94. The van der Waals surface area contributed by atoms with Crippen molar-refractivity contribution in [3.05, 3.63) is 0 Å². The Morgan fingerprint density at radius 2 is 0.489 bits per heavy atom. The summed E-state index contributed by atoms with van der Waals surface area (Å²) in [5, 5.41) is 10.6.